The summed E-state index contributed by atoms with van der Waals surface area (Å²) in [6.45, 7) is 4.34. The van der Waals surface area contributed by atoms with Crippen molar-refractivity contribution >= 4 is 0 Å². The standard InChI is InChI=1S/C10H22N2O/c1-7(2)10(13-3)9(12-11)6-8-4-5-8/h7-10,12H,4-6,11H2,1-3H3. The van der Waals surface area contributed by atoms with Gasteiger partial charge in [-0.15, -0.1) is 0 Å². The molecular weight excluding hydrogens is 164 g/mol. The molecule has 13 heavy (non-hydrogen) atoms. The Bertz CT molecular complexity index is 146. The van der Waals surface area contributed by atoms with E-state index in [1.54, 1.807) is 7.11 Å². The van der Waals surface area contributed by atoms with Crippen LogP contribution in [-0.4, -0.2) is 19.3 Å². The Balaban J connectivity index is 2.39. The van der Waals surface area contributed by atoms with Crippen LogP contribution in [0.4, 0.5) is 0 Å². The zero-order valence-electron chi connectivity index (χ0n) is 8.92. The van der Waals surface area contributed by atoms with E-state index >= 15 is 0 Å². The maximum atomic E-state index is 5.53. The molecule has 0 bridgehead atoms. The van der Waals surface area contributed by atoms with Crippen molar-refractivity contribution in [3.63, 3.8) is 0 Å². The highest BCUT2D eigenvalue weighted by Gasteiger charge is 2.30. The molecule has 0 heterocycles. The van der Waals surface area contributed by atoms with Crippen LogP contribution in [0.5, 0.6) is 0 Å². The van der Waals surface area contributed by atoms with Gasteiger partial charge >= 0.3 is 0 Å². The first-order chi connectivity index (χ1) is 6.19. The SMILES string of the molecule is COC(C(C)C)C(CC1CC1)NN. The van der Waals surface area contributed by atoms with Crippen molar-refractivity contribution in [1.82, 2.24) is 5.43 Å². The molecule has 1 rings (SSSR count). The molecule has 0 amide bonds. The third-order valence-corrected chi connectivity index (χ3v) is 2.82. The summed E-state index contributed by atoms with van der Waals surface area (Å²) in [5.41, 5.74) is 2.88. The van der Waals surface area contributed by atoms with Crippen LogP contribution in [0.15, 0.2) is 0 Å². The fourth-order valence-electron chi connectivity index (χ4n) is 1.91. The number of nitrogens with one attached hydrogen (secondary N) is 1. The number of hydrazine groups is 1. The highest BCUT2D eigenvalue weighted by molar-refractivity contribution is 4.85. The van der Waals surface area contributed by atoms with Crippen LogP contribution >= 0.6 is 0 Å². The number of nitrogens with two attached hydrogens (primary N) is 1. The van der Waals surface area contributed by atoms with Gasteiger partial charge < -0.3 is 4.74 Å². The molecule has 1 aliphatic rings. The minimum absolute atomic E-state index is 0.241. The van der Waals surface area contributed by atoms with E-state index in [1.807, 2.05) is 0 Å². The van der Waals surface area contributed by atoms with Gasteiger partial charge in [0.25, 0.3) is 0 Å². The molecular formula is C10H22N2O. The Morgan fingerprint density at radius 3 is 2.38 bits per heavy atom. The third-order valence-electron chi connectivity index (χ3n) is 2.82. The lowest BCUT2D eigenvalue weighted by Gasteiger charge is -2.28. The fourth-order valence-corrected chi connectivity index (χ4v) is 1.91. The van der Waals surface area contributed by atoms with Crippen molar-refractivity contribution in [2.75, 3.05) is 7.11 Å². The van der Waals surface area contributed by atoms with Crippen LogP contribution in [0, 0.1) is 11.8 Å². The summed E-state index contributed by atoms with van der Waals surface area (Å²) in [5.74, 6) is 6.94. The lowest BCUT2D eigenvalue weighted by atomic mass is 9.96. The van der Waals surface area contributed by atoms with E-state index in [0.29, 0.717) is 12.0 Å². The molecule has 1 saturated carbocycles. The third kappa shape index (κ3) is 3.25. The van der Waals surface area contributed by atoms with Crippen LogP contribution in [0.3, 0.4) is 0 Å². The minimum atomic E-state index is 0.241. The Kier molecular flexibility index (Phi) is 4.16. The van der Waals surface area contributed by atoms with Crippen molar-refractivity contribution < 1.29 is 4.74 Å². The first-order valence-electron chi connectivity index (χ1n) is 5.18. The lowest BCUT2D eigenvalue weighted by molar-refractivity contribution is 0.0291. The molecule has 0 spiro atoms. The quantitative estimate of drug-likeness (QED) is 0.485. The lowest BCUT2D eigenvalue weighted by Crippen LogP contribution is -2.47. The smallest absolute Gasteiger partial charge is 0.0760 e. The van der Waals surface area contributed by atoms with Gasteiger partial charge in [-0.25, -0.2) is 0 Å². The monoisotopic (exact) mass is 186 g/mol. The van der Waals surface area contributed by atoms with Crippen molar-refractivity contribution in [3.8, 4) is 0 Å². The second-order valence-electron chi connectivity index (χ2n) is 4.40. The second kappa shape index (κ2) is 4.94. The molecule has 2 unspecified atom stereocenters. The van der Waals surface area contributed by atoms with E-state index in [-0.39, 0.29) is 6.10 Å². The van der Waals surface area contributed by atoms with Gasteiger partial charge in [0, 0.05) is 13.2 Å². The van der Waals surface area contributed by atoms with Gasteiger partial charge in [-0.05, 0) is 18.3 Å². The number of hydrogen-bond acceptors (Lipinski definition) is 3. The van der Waals surface area contributed by atoms with Gasteiger partial charge in [0.1, 0.15) is 0 Å². The molecule has 78 valence electrons. The fraction of sp³-hybridized carbons (Fsp3) is 1.00. The predicted octanol–water partition coefficient (Wildman–Crippen LogP) is 1.29. The number of hydrogen-bond donors (Lipinski definition) is 2. The van der Waals surface area contributed by atoms with Crippen LogP contribution in [0.25, 0.3) is 0 Å². The van der Waals surface area contributed by atoms with Gasteiger partial charge in [0.15, 0.2) is 0 Å². The molecule has 3 N–H and O–H groups in total. The maximum absolute atomic E-state index is 5.53. The van der Waals surface area contributed by atoms with Crippen molar-refractivity contribution in [2.24, 2.45) is 17.7 Å². The van der Waals surface area contributed by atoms with Crippen LogP contribution < -0.4 is 11.3 Å². The summed E-state index contributed by atoms with van der Waals surface area (Å²) in [5, 5.41) is 0. The Labute approximate surface area is 81.0 Å². The summed E-state index contributed by atoms with van der Waals surface area (Å²) in [6, 6.07) is 0.317. The highest BCUT2D eigenvalue weighted by atomic mass is 16.5. The topological polar surface area (TPSA) is 47.3 Å². The van der Waals surface area contributed by atoms with E-state index in [4.69, 9.17) is 10.6 Å². The average Bonchev–Trinajstić information content (AvgIpc) is 2.87. The molecule has 1 fully saturated rings. The Morgan fingerprint density at radius 1 is 1.46 bits per heavy atom. The number of ether oxygens (including phenoxy) is 1. The number of rotatable bonds is 6. The normalized spacial score (nSPS) is 21.9. The number of methoxy groups -OCH3 is 1. The Morgan fingerprint density at radius 2 is 2.08 bits per heavy atom. The second-order valence-corrected chi connectivity index (χ2v) is 4.40. The van der Waals surface area contributed by atoms with Gasteiger partial charge in [-0.2, -0.15) is 0 Å². The largest absolute Gasteiger partial charge is 0.380 e. The summed E-state index contributed by atoms with van der Waals surface area (Å²) in [6.07, 6.45) is 4.14. The molecule has 3 nitrogen and oxygen atoms in total. The van der Waals surface area contributed by atoms with E-state index < -0.39 is 0 Å². The van der Waals surface area contributed by atoms with Crippen LogP contribution in [0.2, 0.25) is 0 Å². The summed E-state index contributed by atoms with van der Waals surface area (Å²) < 4.78 is 5.45. The molecule has 1 aliphatic carbocycles. The summed E-state index contributed by atoms with van der Waals surface area (Å²) in [4.78, 5) is 0. The van der Waals surface area contributed by atoms with Gasteiger partial charge in [0.05, 0.1) is 6.10 Å². The summed E-state index contributed by atoms with van der Waals surface area (Å²) in [7, 11) is 1.77. The van der Waals surface area contributed by atoms with E-state index in [1.165, 1.54) is 12.8 Å². The van der Waals surface area contributed by atoms with Crippen LogP contribution in [-0.2, 0) is 4.74 Å². The van der Waals surface area contributed by atoms with E-state index in [0.717, 1.165) is 12.3 Å². The van der Waals surface area contributed by atoms with Crippen molar-refractivity contribution in [2.45, 2.75) is 45.3 Å². The van der Waals surface area contributed by atoms with Gasteiger partial charge in [0.2, 0.25) is 0 Å². The molecule has 2 atom stereocenters. The predicted molar refractivity (Wildman–Crippen MR) is 54.1 cm³/mol. The summed E-state index contributed by atoms with van der Waals surface area (Å²) >= 11 is 0. The van der Waals surface area contributed by atoms with Gasteiger partial charge in [-0.3, -0.25) is 11.3 Å². The maximum Gasteiger partial charge on any atom is 0.0760 e. The average molecular weight is 186 g/mol. The molecule has 3 heteroatoms. The molecule has 0 aromatic carbocycles. The first kappa shape index (κ1) is 11.0. The minimum Gasteiger partial charge on any atom is -0.380 e. The van der Waals surface area contributed by atoms with Crippen molar-refractivity contribution in [3.05, 3.63) is 0 Å². The van der Waals surface area contributed by atoms with Crippen LogP contribution in [0.1, 0.15) is 33.1 Å². The molecule has 0 radical (unpaired) electrons. The first-order valence-corrected chi connectivity index (χ1v) is 5.18. The van der Waals surface area contributed by atoms with Crippen molar-refractivity contribution in [1.29, 1.82) is 0 Å². The van der Waals surface area contributed by atoms with Gasteiger partial charge in [-0.1, -0.05) is 26.7 Å². The molecule has 0 saturated heterocycles. The Hall–Kier alpha value is -0.120. The molecule has 0 aliphatic heterocycles. The zero-order valence-corrected chi connectivity index (χ0v) is 8.92. The van der Waals surface area contributed by atoms with E-state index in [9.17, 15) is 0 Å². The molecule has 0 aromatic heterocycles. The zero-order chi connectivity index (χ0) is 9.84. The molecule has 0 aromatic rings. The highest BCUT2D eigenvalue weighted by Crippen LogP contribution is 2.34. The van der Waals surface area contributed by atoms with E-state index in [2.05, 4.69) is 19.3 Å².